The largest absolute Gasteiger partial charge is 0.326 e. The van der Waals surface area contributed by atoms with E-state index < -0.39 is 0 Å². The van der Waals surface area contributed by atoms with Crippen molar-refractivity contribution < 1.29 is 4.79 Å². The average molecular weight is 487 g/mol. The van der Waals surface area contributed by atoms with Gasteiger partial charge >= 0.3 is 6.03 Å². The number of anilines is 2. The molecule has 1 aromatic heterocycles. The number of nitrogens with zero attached hydrogens (tertiary/aromatic N) is 5. The lowest BCUT2D eigenvalue weighted by Crippen LogP contribution is -2.45. The van der Waals surface area contributed by atoms with Crippen molar-refractivity contribution in [1.82, 2.24) is 19.7 Å². The molecule has 0 radical (unpaired) electrons. The molecule has 1 N–H and O–H groups in total. The second-order valence-electron chi connectivity index (χ2n) is 10.3. The fourth-order valence-electron chi connectivity index (χ4n) is 6.15. The Labute approximate surface area is 214 Å². The number of aromatic nitrogens is 3. The summed E-state index contributed by atoms with van der Waals surface area (Å²) < 4.78 is 2.40. The van der Waals surface area contributed by atoms with E-state index in [0.717, 1.165) is 42.4 Å². The van der Waals surface area contributed by atoms with E-state index in [1.165, 1.54) is 31.2 Å². The maximum absolute atomic E-state index is 13.3. The number of hydrogen-bond donors (Lipinski definition) is 1. The molecule has 36 heavy (non-hydrogen) atoms. The second-order valence-corrected chi connectivity index (χ2v) is 10.3. The van der Waals surface area contributed by atoms with Gasteiger partial charge in [0.05, 0.1) is 0 Å². The Morgan fingerprint density at radius 1 is 0.972 bits per heavy atom. The van der Waals surface area contributed by atoms with Crippen molar-refractivity contribution in [3.8, 4) is 0 Å². The van der Waals surface area contributed by atoms with E-state index in [1.807, 2.05) is 66.4 Å². The molecule has 2 unspecified atom stereocenters. The summed E-state index contributed by atoms with van der Waals surface area (Å²) in [4.78, 5) is 17.9. The summed E-state index contributed by atoms with van der Waals surface area (Å²) in [5.74, 6) is 2.16. The maximum Gasteiger partial charge on any atom is 0.326 e. The molecule has 7 nitrogen and oxygen atoms in total. The highest BCUT2D eigenvalue weighted by atomic mass is 16.2. The molecule has 2 bridgehead atoms. The highest BCUT2D eigenvalue weighted by Gasteiger charge is 2.41. The Kier molecular flexibility index (Phi) is 7.37. The van der Waals surface area contributed by atoms with Crippen molar-refractivity contribution in [3.63, 3.8) is 0 Å². The molecular weight excluding hydrogens is 448 g/mol. The van der Waals surface area contributed by atoms with Crippen LogP contribution in [0.1, 0.15) is 62.3 Å². The number of piperidine rings is 1. The van der Waals surface area contributed by atoms with Crippen LogP contribution in [-0.4, -0.2) is 50.9 Å². The number of rotatable bonds is 8. The van der Waals surface area contributed by atoms with Crippen molar-refractivity contribution in [2.75, 3.05) is 23.3 Å². The molecule has 2 amide bonds. The highest BCUT2D eigenvalue weighted by molar-refractivity contribution is 6.01. The monoisotopic (exact) mass is 486 g/mol. The lowest BCUT2D eigenvalue weighted by atomic mass is 9.96. The molecule has 0 saturated carbocycles. The third-order valence-electron chi connectivity index (χ3n) is 7.89. The number of hydrogen-bond acceptors (Lipinski definition) is 4. The first-order valence-electron chi connectivity index (χ1n) is 13.4. The minimum absolute atomic E-state index is 0.0816. The van der Waals surface area contributed by atoms with Gasteiger partial charge in [-0.25, -0.2) is 4.79 Å². The van der Waals surface area contributed by atoms with Crippen LogP contribution in [-0.2, 0) is 6.42 Å². The third-order valence-corrected chi connectivity index (χ3v) is 7.89. The van der Waals surface area contributed by atoms with Gasteiger partial charge in [-0.2, -0.15) is 0 Å². The predicted octanol–water partition coefficient (Wildman–Crippen LogP) is 5.75. The van der Waals surface area contributed by atoms with Gasteiger partial charge in [0.15, 0.2) is 0 Å². The van der Waals surface area contributed by atoms with Crippen LogP contribution in [0.25, 0.3) is 0 Å². The first-order valence-corrected chi connectivity index (χ1v) is 13.4. The Balaban J connectivity index is 1.22. The average Bonchev–Trinajstić information content (AvgIpc) is 3.38. The van der Waals surface area contributed by atoms with Crippen LogP contribution in [0.4, 0.5) is 16.2 Å². The number of nitrogens with one attached hydrogen (secondary N) is 1. The van der Waals surface area contributed by atoms with E-state index in [9.17, 15) is 4.79 Å². The number of fused-ring (bicyclic) bond motifs is 2. The number of urea groups is 1. The quantitative estimate of drug-likeness (QED) is 0.440. The molecule has 3 heterocycles. The minimum Gasteiger partial charge on any atom is -0.312 e. The normalized spacial score (nSPS) is 21.5. The zero-order chi connectivity index (χ0) is 25.1. The van der Waals surface area contributed by atoms with Crippen LogP contribution in [0.15, 0.2) is 54.6 Å². The van der Waals surface area contributed by atoms with Crippen LogP contribution in [0, 0.1) is 13.8 Å². The first kappa shape index (κ1) is 24.5. The lowest BCUT2D eigenvalue weighted by Gasteiger charge is -2.40. The van der Waals surface area contributed by atoms with Crippen LogP contribution in [0.3, 0.4) is 0 Å². The number of benzene rings is 2. The molecule has 3 aromatic rings. The van der Waals surface area contributed by atoms with E-state index in [0.29, 0.717) is 24.7 Å². The van der Waals surface area contributed by atoms with Crippen LogP contribution in [0.5, 0.6) is 0 Å². The van der Waals surface area contributed by atoms with Gasteiger partial charge in [0.2, 0.25) is 0 Å². The standard InChI is InChI=1S/C29H38N6O/c1-4-28-32-31-22(3)35(28)27-19-25-15-16-26(20-27)33(25)17-8-18-34(24-9-6-5-7-10-24)29(36)30-23-13-11-21(2)12-14-23/h5-7,9-14,25-27H,4,8,15-20H2,1-3H3,(H,30,36). The summed E-state index contributed by atoms with van der Waals surface area (Å²) in [5.41, 5.74) is 2.93. The summed E-state index contributed by atoms with van der Waals surface area (Å²) >= 11 is 0. The number of amides is 2. The lowest BCUT2D eigenvalue weighted by molar-refractivity contribution is 0.104. The van der Waals surface area contributed by atoms with Gasteiger partial charge in [-0.3, -0.25) is 9.80 Å². The van der Waals surface area contributed by atoms with Crippen LogP contribution < -0.4 is 10.2 Å². The summed E-state index contributed by atoms with van der Waals surface area (Å²) in [6.07, 6.45) is 6.73. The summed E-state index contributed by atoms with van der Waals surface area (Å²) in [6.45, 7) is 8.00. The third kappa shape index (κ3) is 5.16. The number of carbonyl (C=O) groups excluding carboxylic acids is 1. The Hall–Kier alpha value is -3.19. The van der Waals surface area contributed by atoms with Crippen molar-refractivity contribution in [2.45, 2.75) is 77.4 Å². The zero-order valence-corrected chi connectivity index (χ0v) is 21.7. The summed E-state index contributed by atoms with van der Waals surface area (Å²) in [7, 11) is 0. The number of para-hydroxylation sites is 1. The molecule has 2 aromatic carbocycles. The van der Waals surface area contributed by atoms with E-state index in [-0.39, 0.29) is 6.03 Å². The SMILES string of the molecule is CCc1nnc(C)n1C1CC2CCC(C1)N2CCCN(C(=O)Nc1ccc(C)cc1)c1ccccc1. The van der Waals surface area contributed by atoms with Crippen molar-refractivity contribution >= 4 is 17.4 Å². The molecule has 0 aliphatic carbocycles. The van der Waals surface area contributed by atoms with E-state index in [4.69, 9.17) is 0 Å². The topological polar surface area (TPSA) is 66.3 Å². The fraction of sp³-hybridized carbons (Fsp3) is 0.483. The van der Waals surface area contributed by atoms with Crippen molar-refractivity contribution in [3.05, 3.63) is 71.8 Å². The molecular formula is C29H38N6O. The van der Waals surface area contributed by atoms with Crippen molar-refractivity contribution in [2.24, 2.45) is 0 Å². The predicted molar refractivity (Wildman–Crippen MR) is 145 cm³/mol. The molecule has 2 fully saturated rings. The fourth-order valence-corrected chi connectivity index (χ4v) is 6.15. The van der Waals surface area contributed by atoms with Gasteiger partial charge in [0.1, 0.15) is 11.6 Å². The van der Waals surface area contributed by atoms with Gasteiger partial charge < -0.3 is 9.88 Å². The molecule has 2 aliphatic heterocycles. The van der Waals surface area contributed by atoms with E-state index in [1.54, 1.807) is 0 Å². The molecule has 2 saturated heterocycles. The molecule has 7 heteroatoms. The second kappa shape index (κ2) is 10.8. The van der Waals surface area contributed by atoms with Gasteiger partial charge in [0, 0.05) is 49.0 Å². The molecule has 2 aliphatic rings. The van der Waals surface area contributed by atoms with E-state index in [2.05, 4.69) is 38.8 Å². The highest BCUT2D eigenvalue weighted by Crippen LogP contribution is 2.41. The van der Waals surface area contributed by atoms with Gasteiger partial charge in [-0.15, -0.1) is 10.2 Å². The zero-order valence-electron chi connectivity index (χ0n) is 21.7. The molecule has 190 valence electrons. The molecule has 5 rings (SSSR count). The molecule has 2 atom stereocenters. The maximum atomic E-state index is 13.3. The number of carbonyl (C=O) groups is 1. The molecule has 0 spiro atoms. The number of aryl methyl sites for hydroxylation is 3. The van der Waals surface area contributed by atoms with Crippen molar-refractivity contribution in [1.29, 1.82) is 0 Å². The Bertz CT molecular complexity index is 1140. The minimum atomic E-state index is -0.0816. The van der Waals surface area contributed by atoms with Crippen LogP contribution >= 0.6 is 0 Å². The summed E-state index contributed by atoms with van der Waals surface area (Å²) in [6, 6.07) is 19.6. The first-order chi connectivity index (χ1) is 17.5. The van der Waals surface area contributed by atoms with Crippen LogP contribution in [0.2, 0.25) is 0 Å². The van der Waals surface area contributed by atoms with Gasteiger partial charge in [0.25, 0.3) is 0 Å². The Morgan fingerprint density at radius 3 is 2.33 bits per heavy atom. The van der Waals surface area contributed by atoms with E-state index >= 15 is 0 Å². The van der Waals surface area contributed by atoms with Gasteiger partial charge in [-0.1, -0.05) is 42.8 Å². The summed E-state index contributed by atoms with van der Waals surface area (Å²) in [5, 5.41) is 11.8. The smallest absolute Gasteiger partial charge is 0.312 e. The van der Waals surface area contributed by atoms with Gasteiger partial charge in [-0.05, 0) is 70.2 Å². The Morgan fingerprint density at radius 2 is 1.67 bits per heavy atom.